The first-order valence-corrected chi connectivity index (χ1v) is 9.02. The number of methoxy groups -OCH3 is 2. The molecule has 2 aromatic rings. The van der Waals surface area contributed by atoms with Crippen LogP contribution in [-0.4, -0.2) is 33.3 Å². The van der Waals surface area contributed by atoms with Gasteiger partial charge in [0.2, 0.25) is 0 Å². The van der Waals surface area contributed by atoms with E-state index in [1.165, 1.54) is 5.56 Å². The second kappa shape index (κ2) is 12.3. The third-order valence-electron chi connectivity index (χ3n) is 3.85. The maximum Gasteiger partial charge on any atom is 0.193 e. The molecule has 0 fully saturated rings. The van der Waals surface area contributed by atoms with Crippen LogP contribution in [0.15, 0.2) is 47.5 Å². The smallest absolute Gasteiger partial charge is 0.193 e. The first-order valence-electron chi connectivity index (χ1n) is 9.02. The van der Waals surface area contributed by atoms with Crippen molar-refractivity contribution < 1.29 is 14.2 Å². The lowest BCUT2D eigenvalue weighted by Gasteiger charge is -2.11. The quantitative estimate of drug-likeness (QED) is 0.305. The highest BCUT2D eigenvalue weighted by Crippen LogP contribution is 2.29. The molecule has 6 nitrogen and oxygen atoms in total. The van der Waals surface area contributed by atoms with E-state index in [0.717, 1.165) is 24.5 Å². The molecule has 154 valence electrons. The largest absolute Gasteiger partial charge is 0.493 e. The van der Waals surface area contributed by atoms with Gasteiger partial charge in [0.1, 0.15) is 5.75 Å². The molecule has 0 saturated heterocycles. The van der Waals surface area contributed by atoms with E-state index >= 15 is 0 Å². The Kier molecular flexibility index (Phi) is 10.5. The van der Waals surface area contributed by atoms with Crippen molar-refractivity contribution in [3.63, 3.8) is 0 Å². The number of hydrogen-bond acceptors (Lipinski definition) is 4. The van der Waals surface area contributed by atoms with Crippen molar-refractivity contribution in [3.05, 3.63) is 48.0 Å². The summed E-state index contributed by atoms with van der Waals surface area (Å²) in [5.74, 6) is 3.07. The molecule has 0 radical (unpaired) electrons. The van der Waals surface area contributed by atoms with Crippen LogP contribution in [0.4, 0.5) is 5.69 Å². The van der Waals surface area contributed by atoms with Gasteiger partial charge in [-0.1, -0.05) is 26.0 Å². The SMILES string of the molecule is COc1ccc(NC(N)=NCCc2ccc(OCC(C)C)cc2)cc1OC.I. The van der Waals surface area contributed by atoms with Crippen LogP contribution in [0.2, 0.25) is 0 Å². The van der Waals surface area contributed by atoms with Crippen LogP contribution in [0.1, 0.15) is 19.4 Å². The number of halogens is 1. The molecule has 0 heterocycles. The predicted octanol–water partition coefficient (Wildman–Crippen LogP) is 4.33. The van der Waals surface area contributed by atoms with Gasteiger partial charge >= 0.3 is 0 Å². The van der Waals surface area contributed by atoms with Crippen LogP contribution in [0.25, 0.3) is 0 Å². The summed E-state index contributed by atoms with van der Waals surface area (Å²) in [7, 11) is 3.20. The van der Waals surface area contributed by atoms with Crippen molar-refractivity contribution in [2.75, 3.05) is 32.7 Å². The Morgan fingerprint density at radius 3 is 2.32 bits per heavy atom. The average Bonchev–Trinajstić information content (AvgIpc) is 2.67. The van der Waals surface area contributed by atoms with Gasteiger partial charge < -0.3 is 25.3 Å². The second-order valence-corrected chi connectivity index (χ2v) is 6.56. The molecule has 3 N–H and O–H groups in total. The Morgan fingerprint density at radius 2 is 1.71 bits per heavy atom. The summed E-state index contributed by atoms with van der Waals surface area (Å²) in [6.45, 7) is 5.58. The lowest BCUT2D eigenvalue weighted by molar-refractivity contribution is 0.271. The maximum atomic E-state index is 5.97. The molecule has 0 atom stereocenters. The zero-order valence-electron chi connectivity index (χ0n) is 16.9. The first-order chi connectivity index (χ1) is 13.0. The van der Waals surface area contributed by atoms with Crippen LogP contribution in [-0.2, 0) is 6.42 Å². The highest BCUT2D eigenvalue weighted by molar-refractivity contribution is 14.0. The average molecular weight is 499 g/mol. The summed E-state index contributed by atoms with van der Waals surface area (Å²) >= 11 is 0. The minimum Gasteiger partial charge on any atom is -0.493 e. The molecule has 0 aliphatic carbocycles. The lowest BCUT2D eigenvalue weighted by Crippen LogP contribution is -2.23. The molecule has 7 heteroatoms. The molecule has 0 amide bonds. The van der Waals surface area contributed by atoms with E-state index in [1.54, 1.807) is 14.2 Å². The lowest BCUT2D eigenvalue weighted by atomic mass is 10.1. The van der Waals surface area contributed by atoms with Gasteiger partial charge in [-0.05, 0) is 42.2 Å². The molecule has 0 aliphatic rings. The third kappa shape index (κ3) is 7.84. The number of guanidine groups is 1. The molecule has 0 unspecified atom stereocenters. The number of ether oxygens (including phenoxy) is 3. The molecule has 0 aliphatic heterocycles. The van der Waals surface area contributed by atoms with Gasteiger partial charge in [-0.15, -0.1) is 24.0 Å². The molecule has 0 saturated carbocycles. The van der Waals surface area contributed by atoms with E-state index in [9.17, 15) is 0 Å². The minimum atomic E-state index is 0. The van der Waals surface area contributed by atoms with Gasteiger partial charge in [0.15, 0.2) is 17.5 Å². The normalized spacial score (nSPS) is 11.0. The van der Waals surface area contributed by atoms with Gasteiger partial charge in [0, 0.05) is 18.3 Å². The van der Waals surface area contributed by atoms with Crippen LogP contribution >= 0.6 is 24.0 Å². The second-order valence-electron chi connectivity index (χ2n) is 6.56. The van der Waals surface area contributed by atoms with Crippen LogP contribution < -0.4 is 25.3 Å². The van der Waals surface area contributed by atoms with Crippen LogP contribution in [0.3, 0.4) is 0 Å². The molecule has 2 rings (SSSR count). The Balaban J connectivity index is 0.00000392. The number of rotatable bonds is 9. The molecule has 0 spiro atoms. The van der Waals surface area contributed by atoms with Gasteiger partial charge in [-0.2, -0.15) is 0 Å². The fourth-order valence-electron chi connectivity index (χ4n) is 2.42. The number of anilines is 1. The predicted molar refractivity (Wildman–Crippen MR) is 126 cm³/mol. The Hall–Kier alpha value is -2.16. The standard InChI is InChI=1S/C21H29N3O3.HI/c1-15(2)14-27-18-8-5-16(6-9-18)11-12-23-21(22)24-17-7-10-19(25-3)20(13-17)26-4;/h5-10,13,15H,11-12,14H2,1-4H3,(H3,22,23,24);1H. The number of hydrogen-bond donors (Lipinski definition) is 2. The van der Waals surface area contributed by atoms with Crippen molar-refractivity contribution in [1.29, 1.82) is 0 Å². The molecular weight excluding hydrogens is 469 g/mol. The Bertz CT molecular complexity index is 749. The zero-order chi connectivity index (χ0) is 19.6. The van der Waals surface area contributed by atoms with Crippen molar-refractivity contribution in [1.82, 2.24) is 0 Å². The fourth-order valence-corrected chi connectivity index (χ4v) is 2.42. The van der Waals surface area contributed by atoms with Gasteiger partial charge in [-0.3, -0.25) is 4.99 Å². The summed E-state index contributed by atoms with van der Waals surface area (Å²) in [4.78, 5) is 4.37. The number of nitrogens with zero attached hydrogens (tertiary/aromatic N) is 1. The highest BCUT2D eigenvalue weighted by atomic mass is 127. The topological polar surface area (TPSA) is 78.1 Å². The Morgan fingerprint density at radius 1 is 1.04 bits per heavy atom. The zero-order valence-corrected chi connectivity index (χ0v) is 19.2. The summed E-state index contributed by atoms with van der Waals surface area (Å²) in [5, 5.41) is 3.06. The van der Waals surface area contributed by atoms with Crippen LogP contribution in [0.5, 0.6) is 17.2 Å². The first kappa shape index (κ1) is 23.9. The van der Waals surface area contributed by atoms with E-state index in [0.29, 0.717) is 29.9 Å². The van der Waals surface area contributed by atoms with Crippen molar-refractivity contribution in [2.24, 2.45) is 16.6 Å². The monoisotopic (exact) mass is 499 g/mol. The molecule has 2 aromatic carbocycles. The summed E-state index contributed by atoms with van der Waals surface area (Å²) in [6.07, 6.45) is 0.804. The third-order valence-corrected chi connectivity index (χ3v) is 3.85. The molecular formula is C21H30IN3O3. The molecule has 28 heavy (non-hydrogen) atoms. The fraction of sp³-hybridized carbons (Fsp3) is 0.381. The van der Waals surface area contributed by atoms with Gasteiger partial charge in [-0.25, -0.2) is 0 Å². The van der Waals surface area contributed by atoms with Crippen molar-refractivity contribution >= 4 is 35.6 Å². The maximum absolute atomic E-state index is 5.97. The van der Waals surface area contributed by atoms with E-state index < -0.39 is 0 Å². The molecule has 0 bridgehead atoms. The Labute approximate surface area is 184 Å². The van der Waals surface area contributed by atoms with E-state index in [1.807, 2.05) is 30.3 Å². The van der Waals surface area contributed by atoms with E-state index in [-0.39, 0.29) is 24.0 Å². The van der Waals surface area contributed by atoms with Gasteiger partial charge in [0.25, 0.3) is 0 Å². The van der Waals surface area contributed by atoms with E-state index in [2.05, 4.69) is 36.3 Å². The number of aliphatic imine (C=N–C) groups is 1. The minimum absolute atomic E-state index is 0. The number of benzene rings is 2. The van der Waals surface area contributed by atoms with Crippen molar-refractivity contribution in [3.8, 4) is 17.2 Å². The molecule has 0 aromatic heterocycles. The van der Waals surface area contributed by atoms with E-state index in [4.69, 9.17) is 19.9 Å². The highest BCUT2D eigenvalue weighted by Gasteiger charge is 2.05. The number of nitrogens with two attached hydrogens (primary N) is 1. The summed E-state index contributed by atoms with van der Waals surface area (Å²) in [5.41, 5.74) is 7.95. The van der Waals surface area contributed by atoms with Crippen molar-refractivity contribution in [2.45, 2.75) is 20.3 Å². The van der Waals surface area contributed by atoms with Crippen LogP contribution in [0, 0.1) is 5.92 Å². The summed E-state index contributed by atoms with van der Waals surface area (Å²) < 4.78 is 16.2. The number of nitrogens with one attached hydrogen (secondary N) is 1. The van der Waals surface area contributed by atoms with Gasteiger partial charge in [0.05, 0.1) is 20.8 Å². The summed E-state index contributed by atoms with van der Waals surface area (Å²) in [6, 6.07) is 13.6.